The average molecular weight is 338 g/mol. The maximum atomic E-state index is 12.9. The molecule has 1 heterocycles. The summed E-state index contributed by atoms with van der Waals surface area (Å²) in [6.45, 7) is 4.17. The summed E-state index contributed by atoms with van der Waals surface area (Å²) in [5.74, 6) is -0.658. The lowest BCUT2D eigenvalue weighted by molar-refractivity contribution is -0.144. The normalized spacial score (nSPS) is 10.7. The highest BCUT2D eigenvalue weighted by Crippen LogP contribution is 2.14. The Hall–Kier alpha value is -2.95. The summed E-state index contributed by atoms with van der Waals surface area (Å²) in [5, 5.41) is 4.44. The van der Waals surface area contributed by atoms with Gasteiger partial charge in [0.2, 0.25) is 0 Å². The molecule has 0 fully saturated rings. The minimum Gasteiger partial charge on any atom is -0.461 e. The Bertz CT molecular complexity index is 868. The lowest BCUT2D eigenvalue weighted by atomic mass is 10.1. The first-order valence-electron chi connectivity index (χ1n) is 8.04. The fraction of sp³-hybridized carbons (Fsp3) is 0.200. The minimum atomic E-state index is -0.339. The van der Waals surface area contributed by atoms with Crippen LogP contribution in [0.2, 0.25) is 0 Å². The van der Waals surface area contributed by atoms with Crippen LogP contribution in [0.5, 0.6) is 0 Å². The number of rotatable bonds is 5. The zero-order valence-electron chi connectivity index (χ0n) is 14.2. The van der Waals surface area contributed by atoms with E-state index in [9.17, 15) is 9.18 Å². The molecule has 0 saturated carbocycles. The Morgan fingerprint density at radius 3 is 2.28 bits per heavy atom. The molecule has 25 heavy (non-hydrogen) atoms. The Labute approximate surface area is 145 Å². The fourth-order valence-corrected chi connectivity index (χ4v) is 2.61. The van der Waals surface area contributed by atoms with Crippen molar-refractivity contribution in [3.63, 3.8) is 0 Å². The van der Waals surface area contributed by atoms with Crippen LogP contribution in [0.4, 0.5) is 4.39 Å². The van der Waals surface area contributed by atoms with Gasteiger partial charge < -0.3 is 4.74 Å². The second-order valence-corrected chi connectivity index (χ2v) is 5.97. The van der Waals surface area contributed by atoms with Crippen LogP contribution >= 0.6 is 0 Å². The van der Waals surface area contributed by atoms with Crippen molar-refractivity contribution in [2.45, 2.75) is 26.9 Å². The molecule has 3 aromatic rings. The van der Waals surface area contributed by atoms with Crippen LogP contribution in [0.15, 0.2) is 54.6 Å². The number of esters is 1. The summed E-state index contributed by atoms with van der Waals surface area (Å²) < 4.78 is 20.0. The molecule has 5 heteroatoms. The highest BCUT2D eigenvalue weighted by Gasteiger charge is 2.07. The number of halogens is 1. The molecule has 0 N–H and O–H groups in total. The monoisotopic (exact) mass is 338 g/mol. The lowest BCUT2D eigenvalue weighted by Crippen LogP contribution is -2.08. The van der Waals surface area contributed by atoms with Gasteiger partial charge in [0.05, 0.1) is 17.8 Å². The van der Waals surface area contributed by atoms with Crippen molar-refractivity contribution in [3.8, 4) is 5.69 Å². The predicted octanol–water partition coefficient (Wildman–Crippen LogP) is 3.91. The van der Waals surface area contributed by atoms with Crippen LogP contribution in [0.25, 0.3) is 5.69 Å². The highest BCUT2D eigenvalue weighted by molar-refractivity contribution is 5.72. The van der Waals surface area contributed by atoms with Gasteiger partial charge in [-0.2, -0.15) is 5.10 Å². The van der Waals surface area contributed by atoms with Crippen molar-refractivity contribution < 1.29 is 13.9 Å². The highest BCUT2D eigenvalue weighted by atomic mass is 19.1. The maximum Gasteiger partial charge on any atom is 0.310 e. The molecule has 0 aliphatic rings. The summed E-state index contributed by atoms with van der Waals surface area (Å²) in [4.78, 5) is 11.9. The molecule has 0 saturated heterocycles. The summed E-state index contributed by atoms with van der Waals surface area (Å²) in [6, 6.07) is 15.6. The van der Waals surface area contributed by atoms with E-state index < -0.39 is 0 Å². The lowest BCUT2D eigenvalue weighted by Gasteiger charge is -2.08. The molecule has 2 aromatic carbocycles. The Kier molecular flexibility index (Phi) is 4.93. The van der Waals surface area contributed by atoms with Gasteiger partial charge >= 0.3 is 5.97 Å². The topological polar surface area (TPSA) is 44.1 Å². The maximum absolute atomic E-state index is 12.9. The second kappa shape index (κ2) is 7.30. The number of hydrogen-bond donors (Lipinski definition) is 0. The van der Waals surface area contributed by atoms with Crippen molar-refractivity contribution in [1.29, 1.82) is 0 Å². The molecule has 0 bridgehead atoms. The molecular weight excluding hydrogens is 319 g/mol. The smallest absolute Gasteiger partial charge is 0.310 e. The van der Waals surface area contributed by atoms with Gasteiger partial charge in [-0.25, -0.2) is 9.07 Å². The number of carbonyl (C=O) groups excluding carboxylic acids is 1. The van der Waals surface area contributed by atoms with Gasteiger partial charge in [-0.3, -0.25) is 4.79 Å². The third-order valence-corrected chi connectivity index (χ3v) is 3.85. The quantitative estimate of drug-likeness (QED) is 0.663. The standard InChI is InChI=1S/C20H19FN2O2/c1-14-11-15(2)23(22-14)19-9-5-17(6-10-19)13-25-20(24)12-16-3-7-18(21)8-4-16/h3-11H,12-13H2,1-2H3. The van der Waals surface area contributed by atoms with Gasteiger partial charge in [0.1, 0.15) is 12.4 Å². The number of carbonyl (C=O) groups is 1. The largest absolute Gasteiger partial charge is 0.461 e. The number of aryl methyl sites for hydroxylation is 2. The van der Waals surface area contributed by atoms with Gasteiger partial charge in [-0.1, -0.05) is 24.3 Å². The van der Waals surface area contributed by atoms with Crippen molar-refractivity contribution in [2.75, 3.05) is 0 Å². The van der Waals surface area contributed by atoms with Crippen LogP contribution in [0.1, 0.15) is 22.5 Å². The molecule has 0 aliphatic heterocycles. The average Bonchev–Trinajstić information content (AvgIpc) is 2.94. The molecular formula is C20H19FN2O2. The SMILES string of the molecule is Cc1cc(C)n(-c2ccc(COC(=O)Cc3ccc(F)cc3)cc2)n1. The Morgan fingerprint density at radius 2 is 1.68 bits per heavy atom. The summed E-state index contributed by atoms with van der Waals surface area (Å²) >= 11 is 0. The van der Waals surface area contributed by atoms with E-state index in [0.29, 0.717) is 0 Å². The summed E-state index contributed by atoms with van der Waals surface area (Å²) in [6.07, 6.45) is 0.129. The van der Waals surface area contributed by atoms with Gasteiger partial charge in [-0.15, -0.1) is 0 Å². The van der Waals surface area contributed by atoms with E-state index in [1.165, 1.54) is 12.1 Å². The molecule has 0 aliphatic carbocycles. The molecule has 4 nitrogen and oxygen atoms in total. The third-order valence-electron chi connectivity index (χ3n) is 3.85. The van der Waals surface area contributed by atoms with E-state index in [0.717, 1.165) is 28.2 Å². The molecule has 128 valence electrons. The molecule has 0 unspecified atom stereocenters. The van der Waals surface area contributed by atoms with Crippen LogP contribution < -0.4 is 0 Å². The van der Waals surface area contributed by atoms with Crippen molar-refractivity contribution in [3.05, 3.63) is 82.9 Å². The minimum absolute atomic E-state index is 0.129. The summed E-state index contributed by atoms with van der Waals surface area (Å²) in [7, 11) is 0. The second-order valence-electron chi connectivity index (χ2n) is 5.97. The van der Waals surface area contributed by atoms with Crippen molar-refractivity contribution in [2.24, 2.45) is 0 Å². The van der Waals surface area contributed by atoms with Gasteiger partial charge in [-0.05, 0) is 55.3 Å². The van der Waals surface area contributed by atoms with Crippen LogP contribution in [-0.2, 0) is 22.6 Å². The van der Waals surface area contributed by atoms with Gasteiger partial charge in [0.15, 0.2) is 0 Å². The Balaban J connectivity index is 1.57. The number of hydrogen-bond acceptors (Lipinski definition) is 3. The van der Waals surface area contributed by atoms with Crippen molar-refractivity contribution >= 4 is 5.97 Å². The molecule has 0 amide bonds. The first-order chi connectivity index (χ1) is 12.0. The fourth-order valence-electron chi connectivity index (χ4n) is 2.61. The van der Waals surface area contributed by atoms with Crippen LogP contribution in [0.3, 0.4) is 0 Å². The molecule has 0 atom stereocenters. The molecule has 0 radical (unpaired) electrons. The first kappa shape index (κ1) is 16.9. The first-order valence-corrected chi connectivity index (χ1v) is 8.04. The molecule has 3 rings (SSSR count). The zero-order chi connectivity index (χ0) is 17.8. The predicted molar refractivity (Wildman–Crippen MR) is 92.9 cm³/mol. The number of nitrogens with zero attached hydrogens (tertiary/aromatic N) is 2. The number of ether oxygens (including phenoxy) is 1. The molecule has 0 spiro atoms. The summed E-state index contributed by atoms with van der Waals surface area (Å²) in [5.41, 5.74) is 4.63. The zero-order valence-corrected chi connectivity index (χ0v) is 14.2. The van der Waals surface area contributed by atoms with E-state index in [4.69, 9.17) is 4.74 Å². The number of benzene rings is 2. The van der Waals surface area contributed by atoms with Crippen molar-refractivity contribution in [1.82, 2.24) is 9.78 Å². The van der Waals surface area contributed by atoms with E-state index >= 15 is 0 Å². The van der Waals surface area contributed by atoms with Gasteiger partial charge in [0, 0.05) is 5.69 Å². The van der Waals surface area contributed by atoms with E-state index in [-0.39, 0.29) is 24.8 Å². The number of aromatic nitrogens is 2. The Morgan fingerprint density at radius 1 is 1.04 bits per heavy atom. The van der Waals surface area contributed by atoms with E-state index in [1.807, 2.05) is 48.9 Å². The third kappa shape index (κ3) is 4.32. The van der Waals surface area contributed by atoms with Crippen LogP contribution in [-0.4, -0.2) is 15.7 Å². The van der Waals surface area contributed by atoms with E-state index in [2.05, 4.69) is 5.10 Å². The van der Waals surface area contributed by atoms with E-state index in [1.54, 1.807) is 12.1 Å². The molecule has 1 aromatic heterocycles. The van der Waals surface area contributed by atoms with Gasteiger partial charge in [0.25, 0.3) is 0 Å². The van der Waals surface area contributed by atoms with Crippen LogP contribution in [0, 0.1) is 19.7 Å².